The molecule has 0 heterocycles. The molecule has 0 spiro atoms. The van der Waals surface area contributed by atoms with Crippen LogP contribution in [0.5, 0.6) is 0 Å². The van der Waals surface area contributed by atoms with Crippen molar-refractivity contribution in [1.82, 2.24) is 0 Å². The van der Waals surface area contributed by atoms with E-state index in [1.165, 1.54) is 127 Å². The van der Waals surface area contributed by atoms with E-state index >= 15 is 0 Å². The van der Waals surface area contributed by atoms with Crippen molar-refractivity contribution in [2.75, 3.05) is 0 Å². The smallest absolute Gasteiger partial charge is 0.0654 e. The number of hydrogen-bond acceptors (Lipinski definition) is 0. The van der Waals surface area contributed by atoms with Gasteiger partial charge in [0.25, 0.3) is 0 Å². The maximum atomic E-state index is 2.49. The number of benzene rings is 1. The number of unbranched alkanes of at least 4 members (excludes halogenated alkanes) is 16. The van der Waals surface area contributed by atoms with Crippen molar-refractivity contribution in [1.29, 1.82) is 0 Å². The number of aryl methyl sites for hydroxylation is 2. The quantitative estimate of drug-likeness (QED) is 0.118. The van der Waals surface area contributed by atoms with E-state index in [1.807, 2.05) is 0 Å². The molecule has 0 aromatic heterocycles. The van der Waals surface area contributed by atoms with Gasteiger partial charge in [-0.05, 0) is 59.1 Å². The monoisotopic (exact) mass is 522 g/mol. The Kier molecular flexibility index (Phi) is 15.2. The highest BCUT2D eigenvalue weighted by Crippen LogP contribution is 2.55. The minimum Gasteiger partial charge on any atom is -0.0654 e. The van der Waals surface area contributed by atoms with E-state index < -0.39 is 9.52 Å². The molecule has 0 aliphatic heterocycles. The average Bonchev–Trinajstić information content (AvgIpc) is 3.01. The highest BCUT2D eigenvalue weighted by Gasteiger charge is 2.40. The second-order valence-corrected chi connectivity index (χ2v) is 15.0. The molecule has 210 valence electrons. The lowest BCUT2D eigenvalue weighted by atomic mass is 9.89. The van der Waals surface area contributed by atoms with Crippen LogP contribution in [0.1, 0.15) is 161 Å². The van der Waals surface area contributed by atoms with E-state index in [4.69, 9.17) is 0 Å². The first-order chi connectivity index (χ1) is 17.8. The predicted molar refractivity (Wildman–Crippen MR) is 172 cm³/mol. The second-order valence-electron chi connectivity index (χ2n) is 12.7. The number of hydrogen-bond donors (Lipinski definition) is 0. The average molecular weight is 523 g/mol. The molecule has 1 heteroatoms. The molecule has 0 nitrogen and oxygen atoms in total. The van der Waals surface area contributed by atoms with E-state index in [9.17, 15) is 0 Å². The van der Waals surface area contributed by atoms with Crippen LogP contribution in [0.3, 0.4) is 0 Å². The van der Waals surface area contributed by atoms with Gasteiger partial charge in [-0.2, -0.15) is 0 Å². The van der Waals surface area contributed by atoms with Gasteiger partial charge in [0.15, 0.2) is 0 Å². The Balaban J connectivity index is 1.64. The summed E-state index contributed by atoms with van der Waals surface area (Å²) >= 11 is 0. The molecule has 0 atom stereocenters. The molecule has 2 rings (SSSR count). The molecule has 0 saturated heterocycles. The fourth-order valence-electron chi connectivity index (χ4n) is 6.96. The normalized spacial score (nSPS) is 15.6. The summed E-state index contributed by atoms with van der Waals surface area (Å²) in [6, 6.07) is 7.30. The molecular weight excluding hydrogens is 460 g/mol. The highest BCUT2D eigenvalue weighted by molar-refractivity contribution is 6.59. The summed E-state index contributed by atoms with van der Waals surface area (Å²) in [5, 5.41) is 2.04. The zero-order chi connectivity index (χ0) is 27.1. The van der Waals surface area contributed by atoms with Gasteiger partial charge < -0.3 is 0 Å². The first kappa shape index (κ1) is 32.1. The van der Waals surface area contributed by atoms with E-state index in [2.05, 4.69) is 66.7 Å². The summed E-state index contributed by atoms with van der Waals surface area (Å²) in [4.78, 5) is 0. The van der Waals surface area contributed by atoms with Gasteiger partial charge in [-0.3, -0.25) is 0 Å². The standard InChI is InChI=1S/C36H62Si/c1-8-9-10-11-12-13-14-15-16-17-18-19-20-21-22-23-24-25-36(33(6)31(4)32(5)34(36)7)37-35-27-29(2)26-30(3)28-35/h26-28H,8-25,37H2,1-7H3. The van der Waals surface area contributed by atoms with Crippen molar-refractivity contribution in [3.63, 3.8) is 0 Å². The third-order valence-electron chi connectivity index (χ3n) is 9.62. The maximum absolute atomic E-state index is 2.49. The second kappa shape index (κ2) is 17.5. The first-order valence-electron chi connectivity index (χ1n) is 16.2. The van der Waals surface area contributed by atoms with Crippen molar-refractivity contribution in [3.8, 4) is 0 Å². The van der Waals surface area contributed by atoms with E-state index in [0.29, 0.717) is 5.04 Å². The van der Waals surface area contributed by atoms with Crippen LogP contribution in [-0.2, 0) is 0 Å². The van der Waals surface area contributed by atoms with Crippen molar-refractivity contribution >= 4 is 14.7 Å². The summed E-state index contributed by atoms with van der Waals surface area (Å²) in [7, 11) is -0.426. The molecule has 0 bridgehead atoms. The Labute approximate surface area is 235 Å². The van der Waals surface area contributed by atoms with Crippen LogP contribution in [0, 0.1) is 13.8 Å². The lowest BCUT2D eigenvalue weighted by molar-refractivity contribution is 0.518. The van der Waals surface area contributed by atoms with Crippen LogP contribution in [0.15, 0.2) is 40.5 Å². The molecule has 0 amide bonds. The maximum Gasteiger partial charge on any atom is 0.0709 e. The van der Waals surface area contributed by atoms with Gasteiger partial charge in [0.05, 0.1) is 9.52 Å². The van der Waals surface area contributed by atoms with Crippen LogP contribution < -0.4 is 5.19 Å². The molecule has 1 aromatic rings. The first-order valence-corrected chi connectivity index (χ1v) is 17.7. The lowest BCUT2D eigenvalue weighted by Crippen LogP contribution is -2.31. The van der Waals surface area contributed by atoms with Crippen LogP contribution in [0.4, 0.5) is 0 Å². The fourth-order valence-corrected chi connectivity index (χ4v) is 9.99. The predicted octanol–water partition coefficient (Wildman–Crippen LogP) is 11.0. The Morgan fingerprint density at radius 2 is 0.838 bits per heavy atom. The number of rotatable bonds is 20. The molecule has 0 saturated carbocycles. The largest absolute Gasteiger partial charge is 0.0709 e. The third-order valence-corrected chi connectivity index (χ3v) is 12.5. The highest BCUT2D eigenvalue weighted by atomic mass is 28.2. The Morgan fingerprint density at radius 3 is 1.22 bits per heavy atom. The van der Waals surface area contributed by atoms with Crippen molar-refractivity contribution < 1.29 is 0 Å². The lowest BCUT2D eigenvalue weighted by Gasteiger charge is -2.34. The van der Waals surface area contributed by atoms with Gasteiger partial charge in [0, 0.05) is 5.04 Å². The SMILES string of the molecule is CCCCCCCCCCCCCCCCCCCC1([SiH2]c2cc(C)cc(C)c2)C(C)=C(C)C(C)=C1C. The molecule has 0 fully saturated rings. The van der Waals surface area contributed by atoms with Crippen LogP contribution in [-0.4, -0.2) is 9.52 Å². The topological polar surface area (TPSA) is 0 Å². The Bertz CT molecular complexity index is 811. The Hall–Kier alpha value is -1.08. The van der Waals surface area contributed by atoms with Crippen LogP contribution >= 0.6 is 0 Å². The third kappa shape index (κ3) is 10.5. The Morgan fingerprint density at radius 1 is 0.486 bits per heavy atom. The van der Waals surface area contributed by atoms with Crippen LogP contribution in [0.2, 0.25) is 5.04 Å². The summed E-state index contributed by atoms with van der Waals surface area (Å²) in [5.74, 6) is 0. The van der Waals surface area contributed by atoms with Gasteiger partial charge >= 0.3 is 0 Å². The zero-order valence-corrected chi connectivity index (χ0v) is 27.6. The molecule has 0 N–H and O–H groups in total. The van der Waals surface area contributed by atoms with Gasteiger partial charge in [0.1, 0.15) is 0 Å². The molecule has 1 aromatic carbocycles. The fraction of sp³-hybridized carbons (Fsp3) is 0.722. The molecular formula is C36H62Si. The molecule has 1 aliphatic carbocycles. The molecule has 0 radical (unpaired) electrons. The minimum absolute atomic E-state index is 0.379. The van der Waals surface area contributed by atoms with Gasteiger partial charge in [-0.1, -0.05) is 162 Å². The van der Waals surface area contributed by atoms with Crippen molar-refractivity contribution in [3.05, 3.63) is 51.6 Å². The summed E-state index contributed by atoms with van der Waals surface area (Å²) in [6.45, 7) is 16.5. The minimum atomic E-state index is -0.426. The van der Waals surface area contributed by atoms with Gasteiger partial charge in [-0.15, -0.1) is 0 Å². The summed E-state index contributed by atoms with van der Waals surface area (Å²) in [5.41, 5.74) is 9.44. The zero-order valence-electron chi connectivity index (χ0n) is 26.2. The van der Waals surface area contributed by atoms with Gasteiger partial charge in [-0.25, -0.2) is 0 Å². The van der Waals surface area contributed by atoms with Gasteiger partial charge in [0.2, 0.25) is 0 Å². The van der Waals surface area contributed by atoms with E-state index in [-0.39, 0.29) is 0 Å². The molecule has 37 heavy (non-hydrogen) atoms. The van der Waals surface area contributed by atoms with E-state index in [1.54, 1.807) is 27.5 Å². The summed E-state index contributed by atoms with van der Waals surface area (Å²) in [6.07, 6.45) is 26.0. The van der Waals surface area contributed by atoms with Crippen molar-refractivity contribution in [2.24, 2.45) is 0 Å². The molecule has 1 aliphatic rings. The summed E-state index contributed by atoms with van der Waals surface area (Å²) < 4.78 is 0. The molecule has 0 unspecified atom stereocenters. The van der Waals surface area contributed by atoms with E-state index in [0.717, 1.165) is 0 Å². The van der Waals surface area contributed by atoms with Crippen LogP contribution in [0.25, 0.3) is 0 Å². The number of allylic oxidation sites excluding steroid dienone is 4. The van der Waals surface area contributed by atoms with Crippen molar-refractivity contribution in [2.45, 2.75) is 169 Å².